The number of rotatable bonds is 4. The number of para-hydroxylation sites is 1. The van der Waals surface area contributed by atoms with Crippen LogP contribution in [0.3, 0.4) is 0 Å². The van der Waals surface area contributed by atoms with E-state index in [1.807, 2.05) is 43.3 Å². The first-order chi connectivity index (χ1) is 8.58. The minimum Gasteiger partial charge on any atom is -0.479 e. The summed E-state index contributed by atoms with van der Waals surface area (Å²) in [6.07, 6.45) is 0. The second kappa shape index (κ2) is 5.54. The molecule has 1 aromatic heterocycles. The molecule has 0 aliphatic rings. The molecule has 0 aliphatic heterocycles. The maximum atomic E-state index is 11.4. The van der Waals surface area contributed by atoms with Crippen LogP contribution in [0.5, 0.6) is 0 Å². The van der Waals surface area contributed by atoms with Crippen molar-refractivity contribution in [3.05, 3.63) is 50.6 Å². The minimum absolute atomic E-state index is 0.720. The Morgan fingerprint density at radius 3 is 2.61 bits per heavy atom. The molecule has 0 saturated carbocycles. The molecule has 1 unspecified atom stereocenters. The number of thiophene rings is 1. The van der Waals surface area contributed by atoms with E-state index in [9.17, 15) is 9.90 Å². The van der Waals surface area contributed by atoms with E-state index in [-0.39, 0.29) is 0 Å². The van der Waals surface area contributed by atoms with Crippen LogP contribution >= 0.6 is 27.3 Å². The Hall–Kier alpha value is -1.33. The number of carboxylic acids is 1. The summed E-state index contributed by atoms with van der Waals surface area (Å²) in [5.74, 6) is -0.882. The van der Waals surface area contributed by atoms with Gasteiger partial charge in [0.2, 0.25) is 0 Å². The molecule has 2 rings (SSSR count). The fourth-order valence-electron chi connectivity index (χ4n) is 1.60. The van der Waals surface area contributed by atoms with Crippen LogP contribution in [0.15, 0.2) is 40.9 Å². The van der Waals surface area contributed by atoms with Crippen molar-refractivity contribution in [3.8, 4) is 0 Å². The fourth-order valence-corrected chi connectivity index (χ4v) is 2.92. The molecule has 18 heavy (non-hydrogen) atoms. The summed E-state index contributed by atoms with van der Waals surface area (Å²) in [6.45, 7) is 1.96. The second-order valence-corrected chi connectivity index (χ2v) is 6.02. The molecule has 94 valence electrons. The molecule has 2 aromatic rings. The van der Waals surface area contributed by atoms with Gasteiger partial charge in [-0.15, -0.1) is 11.3 Å². The first-order valence-electron chi connectivity index (χ1n) is 5.38. The lowest BCUT2D eigenvalue weighted by molar-refractivity contribution is -0.138. The van der Waals surface area contributed by atoms with E-state index in [0.29, 0.717) is 0 Å². The molecule has 0 bridgehead atoms. The lowest BCUT2D eigenvalue weighted by atomic mass is 10.2. The highest BCUT2D eigenvalue weighted by Crippen LogP contribution is 2.29. The molecule has 5 heteroatoms. The molecule has 0 aliphatic carbocycles. The van der Waals surface area contributed by atoms with Gasteiger partial charge in [0.1, 0.15) is 0 Å². The van der Waals surface area contributed by atoms with Crippen LogP contribution < -0.4 is 5.32 Å². The molecule has 1 atom stereocenters. The van der Waals surface area contributed by atoms with Crippen molar-refractivity contribution in [3.63, 3.8) is 0 Å². The zero-order chi connectivity index (χ0) is 13.1. The maximum Gasteiger partial charge on any atom is 0.331 e. The van der Waals surface area contributed by atoms with Gasteiger partial charge in [-0.1, -0.05) is 12.1 Å². The van der Waals surface area contributed by atoms with Crippen LogP contribution in [0, 0.1) is 6.92 Å². The summed E-state index contributed by atoms with van der Waals surface area (Å²) < 4.78 is 0.851. The van der Waals surface area contributed by atoms with Crippen LogP contribution in [0.4, 0.5) is 5.69 Å². The number of nitrogens with one attached hydrogen (secondary N) is 1. The molecule has 0 saturated heterocycles. The molecule has 1 aromatic carbocycles. The van der Waals surface area contributed by atoms with Gasteiger partial charge in [0, 0.05) is 19.9 Å². The van der Waals surface area contributed by atoms with Crippen LogP contribution in [0.1, 0.15) is 15.8 Å². The number of carboxylic acid groups (broad SMARTS) is 1. The van der Waals surface area contributed by atoms with Crippen LogP contribution in [-0.2, 0) is 4.79 Å². The summed E-state index contributed by atoms with van der Waals surface area (Å²) >= 11 is 4.89. The van der Waals surface area contributed by atoms with Gasteiger partial charge in [-0.25, -0.2) is 4.79 Å². The first kappa shape index (κ1) is 13.1. The Kier molecular flexibility index (Phi) is 4.04. The predicted octanol–water partition coefficient (Wildman–Crippen LogP) is 4.06. The zero-order valence-electron chi connectivity index (χ0n) is 9.68. The lowest BCUT2D eigenvalue weighted by Crippen LogP contribution is -2.19. The topological polar surface area (TPSA) is 49.3 Å². The number of hydrogen-bond acceptors (Lipinski definition) is 3. The van der Waals surface area contributed by atoms with E-state index >= 15 is 0 Å². The number of aliphatic carboxylic acids is 1. The summed E-state index contributed by atoms with van der Waals surface area (Å²) in [4.78, 5) is 13.3. The van der Waals surface area contributed by atoms with E-state index in [0.717, 1.165) is 19.9 Å². The lowest BCUT2D eigenvalue weighted by Gasteiger charge is -2.15. The Morgan fingerprint density at radius 2 is 2.06 bits per heavy atom. The quantitative estimate of drug-likeness (QED) is 0.891. The van der Waals surface area contributed by atoms with Gasteiger partial charge < -0.3 is 10.4 Å². The van der Waals surface area contributed by atoms with Crippen molar-refractivity contribution in [2.75, 3.05) is 5.32 Å². The van der Waals surface area contributed by atoms with Crippen LogP contribution in [-0.4, -0.2) is 11.1 Å². The molecule has 0 amide bonds. The first-order valence-corrected chi connectivity index (χ1v) is 6.99. The average molecular weight is 326 g/mol. The predicted molar refractivity (Wildman–Crippen MR) is 77.2 cm³/mol. The van der Waals surface area contributed by atoms with E-state index < -0.39 is 12.0 Å². The smallest absolute Gasteiger partial charge is 0.331 e. The van der Waals surface area contributed by atoms with Gasteiger partial charge in [-0.3, -0.25) is 0 Å². The number of aryl methyl sites for hydroxylation is 1. The van der Waals surface area contributed by atoms with Crippen molar-refractivity contribution in [2.45, 2.75) is 13.0 Å². The third kappa shape index (κ3) is 2.91. The van der Waals surface area contributed by atoms with E-state index in [1.54, 1.807) is 0 Å². The molecule has 0 fully saturated rings. The Morgan fingerprint density at radius 1 is 1.33 bits per heavy atom. The Labute approximate surface area is 118 Å². The molecule has 3 nitrogen and oxygen atoms in total. The van der Waals surface area contributed by atoms with Crippen LogP contribution in [0.25, 0.3) is 0 Å². The monoisotopic (exact) mass is 325 g/mol. The van der Waals surface area contributed by atoms with Gasteiger partial charge in [0.25, 0.3) is 0 Å². The number of benzene rings is 1. The van der Waals surface area contributed by atoms with Gasteiger partial charge in [0.05, 0.1) is 0 Å². The second-order valence-electron chi connectivity index (χ2n) is 3.84. The average Bonchev–Trinajstić information content (AvgIpc) is 2.74. The molecule has 2 N–H and O–H groups in total. The maximum absolute atomic E-state index is 11.4. The van der Waals surface area contributed by atoms with Gasteiger partial charge >= 0.3 is 5.97 Å². The minimum atomic E-state index is -0.882. The molecule has 1 heterocycles. The molecule has 0 spiro atoms. The zero-order valence-corrected chi connectivity index (χ0v) is 12.1. The summed E-state index contributed by atoms with van der Waals surface area (Å²) in [5, 5.41) is 12.4. The highest BCUT2D eigenvalue weighted by Gasteiger charge is 2.21. The number of hydrogen-bond donors (Lipinski definition) is 2. The SMILES string of the molecule is Cc1ccc(C(Nc2ccccc2Br)C(=O)O)s1. The number of carbonyl (C=O) groups is 1. The number of anilines is 1. The molecular formula is C13H12BrNO2S. The van der Waals surface area contributed by atoms with Gasteiger partial charge in [0.15, 0.2) is 6.04 Å². The Balaban J connectivity index is 2.28. The summed E-state index contributed by atoms with van der Waals surface area (Å²) in [5.41, 5.74) is 0.774. The van der Waals surface area contributed by atoms with Crippen molar-refractivity contribution >= 4 is 38.9 Å². The normalized spacial score (nSPS) is 12.1. The summed E-state index contributed by atoms with van der Waals surface area (Å²) in [6, 6.07) is 10.5. The number of halogens is 1. The molecule has 0 radical (unpaired) electrons. The van der Waals surface area contributed by atoms with Crippen molar-refractivity contribution < 1.29 is 9.90 Å². The largest absolute Gasteiger partial charge is 0.479 e. The summed E-state index contributed by atoms with van der Waals surface area (Å²) in [7, 11) is 0. The fraction of sp³-hybridized carbons (Fsp3) is 0.154. The van der Waals surface area contributed by atoms with E-state index in [1.165, 1.54) is 11.3 Å². The van der Waals surface area contributed by atoms with E-state index in [2.05, 4.69) is 21.2 Å². The van der Waals surface area contributed by atoms with Gasteiger partial charge in [-0.05, 0) is 47.1 Å². The Bertz CT molecular complexity index is 568. The van der Waals surface area contributed by atoms with Crippen molar-refractivity contribution in [2.24, 2.45) is 0 Å². The third-order valence-electron chi connectivity index (χ3n) is 2.47. The highest BCUT2D eigenvalue weighted by molar-refractivity contribution is 9.10. The van der Waals surface area contributed by atoms with Gasteiger partial charge in [-0.2, -0.15) is 0 Å². The van der Waals surface area contributed by atoms with Crippen LogP contribution in [0.2, 0.25) is 0 Å². The molecular weight excluding hydrogens is 314 g/mol. The van der Waals surface area contributed by atoms with Crippen molar-refractivity contribution in [1.82, 2.24) is 0 Å². The highest BCUT2D eigenvalue weighted by atomic mass is 79.9. The third-order valence-corrected chi connectivity index (χ3v) is 4.22. The van der Waals surface area contributed by atoms with Crippen molar-refractivity contribution in [1.29, 1.82) is 0 Å². The standard InChI is InChI=1S/C13H12BrNO2S/c1-8-6-7-11(18-8)12(13(16)17)15-10-5-3-2-4-9(10)14/h2-7,12,15H,1H3,(H,16,17). The van der Waals surface area contributed by atoms with E-state index in [4.69, 9.17) is 0 Å².